The minimum atomic E-state index is -3.13. The molecule has 6 nitrogen and oxygen atoms in total. The molecule has 0 amide bonds. The third-order valence-electron chi connectivity index (χ3n) is 4.29. The molecule has 2 aromatic rings. The molecule has 7 heteroatoms. The number of nitrogens with one attached hydrogen (secondary N) is 1. The number of fused-ring (bicyclic) bond motifs is 1. The summed E-state index contributed by atoms with van der Waals surface area (Å²) in [5.41, 5.74) is 2.64. The zero-order valence-electron chi connectivity index (χ0n) is 14.6. The van der Waals surface area contributed by atoms with Crippen LogP contribution in [-0.2, 0) is 6.54 Å². The Hall–Kier alpha value is -1.77. The van der Waals surface area contributed by atoms with Crippen LogP contribution in [0.3, 0.4) is 0 Å². The minimum Gasteiger partial charge on any atom is -0.497 e. The maximum absolute atomic E-state index is 11.1. The van der Waals surface area contributed by atoms with Crippen molar-refractivity contribution in [3.63, 3.8) is 0 Å². The van der Waals surface area contributed by atoms with E-state index in [1.807, 2.05) is 55.6 Å². The zero-order chi connectivity index (χ0) is 17.9. The molecule has 1 heterocycles. The summed E-state index contributed by atoms with van der Waals surface area (Å²) in [6.45, 7) is 1.95. The fraction of sp³-hybridized carbons (Fsp3) is 0.333. The van der Waals surface area contributed by atoms with E-state index in [9.17, 15) is 9.11 Å². The Morgan fingerprint density at radius 1 is 1.12 bits per heavy atom. The molecule has 0 fully saturated rings. The molecule has 0 aromatic heterocycles. The topological polar surface area (TPSA) is 68.2 Å². The van der Waals surface area contributed by atoms with Crippen molar-refractivity contribution in [2.75, 3.05) is 31.6 Å². The maximum atomic E-state index is 11.1. The van der Waals surface area contributed by atoms with Gasteiger partial charge in [0.1, 0.15) is 5.75 Å². The van der Waals surface area contributed by atoms with Crippen LogP contribution in [0.25, 0.3) is 0 Å². The molecule has 0 saturated heterocycles. The lowest BCUT2D eigenvalue weighted by Crippen LogP contribution is -2.42. The Morgan fingerprint density at radius 3 is 2.52 bits per heavy atom. The van der Waals surface area contributed by atoms with Crippen LogP contribution in [0.15, 0.2) is 48.5 Å². The van der Waals surface area contributed by atoms with Crippen LogP contribution in [0.1, 0.15) is 12.0 Å². The van der Waals surface area contributed by atoms with E-state index in [2.05, 4.69) is 5.32 Å². The predicted molar refractivity (Wildman–Crippen MR) is 103 cm³/mol. The molecule has 0 unspecified atom stereocenters. The quantitative estimate of drug-likeness (QED) is 0.678. The summed E-state index contributed by atoms with van der Waals surface area (Å²) in [7, 11) is 0.377. The van der Waals surface area contributed by atoms with Gasteiger partial charge in [-0.15, -0.1) is 0 Å². The van der Waals surface area contributed by atoms with E-state index in [0.717, 1.165) is 35.7 Å². The van der Waals surface area contributed by atoms with Gasteiger partial charge in [0, 0.05) is 13.1 Å². The van der Waals surface area contributed by atoms with Crippen LogP contribution in [0.2, 0.25) is 0 Å². The van der Waals surface area contributed by atoms with E-state index in [1.54, 1.807) is 15.7 Å². The molecule has 0 atom stereocenters. The summed E-state index contributed by atoms with van der Waals surface area (Å²) in [4.78, 5) is 0. The number of hydrogen-bond acceptors (Lipinski definition) is 6. The van der Waals surface area contributed by atoms with E-state index in [-0.39, 0.29) is 0 Å². The highest BCUT2D eigenvalue weighted by Gasteiger charge is 2.37. The number of anilines is 2. The molecule has 0 bridgehead atoms. The van der Waals surface area contributed by atoms with Crippen molar-refractivity contribution in [3.8, 4) is 5.75 Å². The van der Waals surface area contributed by atoms with Crippen LogP contribution in [-0.4, -0.2) is 40.7 Å². The monoisotopic (exact) mass is 363 g/mol. The third-order valence-corrected chi connectivity index (χ3v) is 6.19. The highest BCUT2D eigenvalue weighted by Crippen LogP contribution is 2.58. The number of methoxy groups -OCH3 is 1. The number of para-hydroxylation sites is 1. The SMILES string of the molecule is CNCCCN1Cc2ccccc2N(c2ccc(OC)cc2)S1(O)O. The molecule has 2 aromatic carbocycles. The molecule has 0 aliphatic carbocycles. The number of rotatable bonds is 6. The lowest BCUT2D eigenvalue weighted by atomic mass is 10.1. The van der Waals surface area contributed by atoms with Crippen molar-refractivity contribution in [1.29, 1.82) is 0 Å². The van der Waals surface area contributed by atoms with Gasteiger partial charge in [0.05, 0.1) is 18.5 Å². The first-order valence-electron chi connectivity index (χ1n) is 8.28. The van der Waals surface area contributed by atoms with Gasteiger partial charge in [0.15, 0.2) is 0 Å². The van der Waals surface area contributed by atoms with Crippen LogP contribution >= 0.6 is 11.0 Å². The first-order valence-corrected chi connectivity index (χ1v) is 9.74. The summed E-state index contributed by atoms with van der Waals surface area (Å²) >= 11 is 0. The van der Waals surface area contributed by atoms with Crippen molar-refractivity contribution >= 4 is 22.3 Å². The Kier molecular flexibility index (Phi) is 5.51. The molecule has 1 aliphatic heterocycles. The number of nitrogens with zero attached hydrogens (tertiary/aromatic N) is 2. The summed E-state index contributed by atoms with van der Waals surface area (Å²) in [6.07, 6.45) is 0.838. The second-order valence-electron chi connectivity index (χ2n) is 5.93. The van der Waals surface area contributed by atoms with Crippen molar-refractivity contribution < 1.29 is 13.8 Å². The molecule has 3 N–H and O–H groups in total. The lowest BCUT2D eigenvalue weighted by molar-refractivity contribution is 0.331. The maximum Gasteiger partial charge on any atom is 0.119 e. The van der Waals surface area contributed by atoms with Crippen LogP contribution < -0.4 is 14.4 Å². The van der Waals surface area contributed by atoms with Gasteiger partial charge in [-0.2, -0.15) is 4.31 Å². The molecule has 0 radical (unpaired) electrons. The van der Waals surface area contributed by atoms with Crippen molar-refractivity contribution in [1.82, 2.24) is 9.62 Å². The van der Waals surface area contributed by atoms with Gasteiger partial charge >= 0.3 is 0 Å². The molecule has 3 rings (SSSR count). The standard InChI is InChI=1S/C18H25N3O3S/c1-19-12-5-13-20-14-15-6-3-4-7-18(15)21(25(20,22)23)16-8-10-17(24-2)11-9-16/h3-4,6-11,19,22-23H,5,12-14H2,1-2H3. The first kappa shape index (κ1) is 18.0. The lowest BCUT2D eigenvalue weighted by Gasteiger charge is -2.54. The van der Waals surface area contributed by atoms with Gasteiger partial charge in [-0.3, -0.25) is 9.11 Å². The summed E-state index contributed by atoms with van der Waals surface area (Å²) in [6, 6.07) is 15.2. The Morgan fingerprint density at radius 2 is 1.84 bits per heavy atom. The zero-order valence-corrected chi connectivity index (χ0v) is 15.4. The van der Waals surface area contributed by atoms with Crippen LogP contribution in [0.5, 0.6) is 5.75 Å². The van der Waals surface area contributed by atoms with E-state index in [0.29, 0.717) is 13.1 Å². The summed E-state index contributed by atoms with van der Waals surface area (Å²) in [5.74, 6) is 0.733. The summed E-state index contributed by atoms with van der Waals surface area (Å²) < 4.78 is 30.7. The minimum absolute atomic E-state index is 0.523. The number of hydrogen-bond donors (Lipinski definition) is 3. The van der Waals surface area contributed by atoms with Crippen molar-refractivity contribution in [2.45, 2.75) is 13.0 Å². The largest absolute Gasteiger partial charge is 0.497 e. The number of ether oxygens (including phenoxy) is 1. The van der Waals surface area contributed by atoms with E-state index in [1.165, 1.54) is 0 Å². The average molecular weight is 363 g/mol. The molecule has 136 valence electrons. The fourth-order valence-corrected chi connectivity index (χ4v) is 4.76. The van der Waals surface area contributed by atoms with Crippen molar-refractivity contribution in [2.24, 2.45) is 0 Å². The molecule has 0 spiro atoms. The Balaban J connectivity index is 1.99. The molecule has 25 heavy (non-hydrogen) atoms. The average Bonchev–Trinajstić information content (AvgIpc) is 2.62. The van der Waals surface area contributed by atoms with E-state index < -0.39 is 11.0 Å². The second kappa shape index (κ2) is 7.63. The van der Waals surface area contributed by atoms with Gasteiger partial charge in [-0.05, 0) is 66.9 Å². The third kappa shape index (κ3) is 3.61. The van der Waals surface area contributed by atoms with Gasteiger partial charge in [0.2, 0.25) is 0 Å². The molecular weight excluding hydrogens is 338 g/mol. The van der Waals surface area contributed by atoms with Crippen LogP contribution in [0.4, 0.5) is 11.4 Å². The Bertz CT molecular complexity index is 709. The fourth-order valence-electron chi connectivity index (χ4n) is 3.00. The highest BCUT2D eigenvalue weighted by atomic mass is 32.3. The highest BCUT2D eigenvalue weighted by molar-refractivity contribution is 8.23. The normalized spacial score (nSPS) is 17.8. The first-order chi connectivity index (χ1) is 12.1. The second-order valence-corrected chi connectivity index (χ2v) is 7.79. The Labute approximate surface area is 150 Å². The van der Waals surface area contributed by atoms with Crippen LogP contribution in [0, 0.1) is 0 Å². The molecular formula is C18H25N3O3S. The predicted octanol–water partition coefficient (Wildman–Crippen LogP) is 3.84. The van der Waals surface area contributed by atoms with E-state index in [4.69, 9.17) is 4.74 Å². The molecule has 1 aliphatic rings. The van der Waals surface area contributed by atoms with Gasteiger partial charge in [-0.1, -0.05) is 18.2 Å². The smallest absolute Gasteiger partial charge is 0.119 e. The molecule has 0 saturated carbocycles. The van der Waals surface area contributed by atoms with Gasteiger partial charge in [-0.25, -0.2) is 4.31 Å². The number of benzene rings is 2. The van der Waals surface area contributed by atoms with Gasteiger partial charge < -0.3 is 10.1 Å². The van der Waals surface area contributed by atoms with Crippen molar-refractivity contribution in [3.05, 3.63) is 54.1 Å². The van der Waals surface area contributed by atoms with Gasteiger partial charge in [0.25, 0.3) is 0 Å². The van der Waals surface area contributed by atoms with E-state index >= 15 is 0 Å². The summed E-state index contributed by atoms with van der Waals surface area (Å²) in [5, 5.41) is 3.10.